The van der Waals surface area contributed by atoms with E-state index in [4.69, 9.17) is 0 Å². The van der Waals surface area contributed by atoms with Gasteiger partial charge in [-0.2, -0.15) is 0 Å². The van der Waals surface area contributed by atoms with Gasteiger partial charge in [-0.25, -0.2) is 0 Å². The lowest BCUT2D eigenvalue weighted by atomic mass is 10.1. The Kier molecular flexibility index (Phi) is 3.44. The average Bonchev–Trinajstić information content (AvgIpc) is 3.05. The summed E-state index contributed by atoms with van der Waals surface area (Å²) in [5.74, 6) is 0. The summed E-state index contributed by atoms with van der Waals surface area (Å²) in [6.07, 6.45) is 5.49. The molecule has 1 heterocycles. The summed E-state index contributed by atoms with van der Waals surface area (Å²) in [5.41, 5.74) is 3.01. The van der Waals surface area contributed by atoms with Crippen LogP contribution in [0.15, 0.2) is 24.3 Å². The number of hydrogen-bond donors (Lipinski definition) is 1. The van der Waals surface area contributed by atoms with Crippen LogP contribution in [0.4, 0.5) is 0 Å². The molecule has 1 saturated heterocycles. The van der Waals surface area contributed by atoms with Gasteiger partial charge in [0.25, 0.3) is 0 Å². The van der Waals surface area contributed by atoms with E-state index in [1.54, 1.807) is 0 Å². The van der Waals surface area contributed by atoms with Crippen LogP contribution >= 0.6 is 0 Å². The predicted molar refractivity (Wildman–Crippen MR) is 70.8 cm³/mol. The van der Waals surface area contributed by atoms with Gasteiger partial charge in [0, 0.05) is 19.1 Å². The molecule has 2 heteroatoms. The highest BCUT2D eigenvalue weighted by Crippen LogP contribution is 2.21. The normalized spacial score (nSPS) is 20.9. The minimum absolute atomic E-state index is 0.801. The smallest absolute Gasteiger partial charge is 0.0236 e. The van der Waals surface area contributed by atoms with E-state index >= 15 is 0 Å². The minimum Gasteiger partial charge on any atom is -0.310 e. The van der Waals surface area contributed by atoms with Crippen LogP contribution < -0.4 is 5.32 Å². The van der Waals surface area contributed by atoms with Gasteiger partial charge in [-0.1, -0.05) is 24.3 Å². The number of hydrogen-bond acceptors (Lipinski definition) is 2. The van der Waals surface area contributed by atoms with Crippen LogP contribution in [0.3, 0.4) is 0 Å². The quantitative estimate of drug-likeness (QED) is 0.836. The highest BCUT2D eigenvalue weighted by atomic mass is 15.1. The van der Waals surface area contributed by atoms with Gasteiger partial charge in [0.05, 0.1) is 0 Å². The molecule has 2 fully saturated rings. The first-order valence-electron chi connectivity index (χ1n) is 6.94. The van der Waals surface area contributed by atoms with Gasteiger partial charge in [0.2, 0.25) is 0 Å². The van der Waals surface area contributed by atoms with Gasteiger partial charge in [-0.05, 0) is 49.9 Å². The number of benzene rings is 1. The third-order valence-corrected chi connectivity index (χ3v) is 3.87. The van der Waals surface area contributed by atoms with Gasteiger partial charge in [0.1, 0.15) is 0 Å². The predicted octanol–water partition coefficient (Wildman–Crippen LogP) is 2.53. The summed E-state index contributed by atoms with van der Waals surface area (Å²) in [7, 11) is 0. The SMILES string of the molecule is c1ccc(CN2CCCC2)c(CNC2CC2)c1. The fourth-order valence-corrected chi connectivity index (χ4v) is 2.61. The summed E-state index contributed by atoms with van der Waals surface area (Å²) in [4.78, 5) is 2.58. The standard InChI is InChI=1S/C15H22N2/c1-2-6-14(12-17-9-3-4-10-17)13(5-1)11-16-15-7-8-15/h1-2,5-6,15-16H,3-4,7-12H2. The molecule has 1 aromatic carbocycles. The van der Waals surface area contributed by atoms with Crippen LogP contribution in [0.1, 0.15) is 36.8 Å². The van der Waals surface area contributed by atoms with Crippen LogP contribution in [-0.2, 0) is 13.1 Å². The molecular formula is C15H22N2. The first-order chi connectivity index (χ1) is 8.42. The number of likely N-dealkylation sites (tertiary alicyclic amines) is 1. The third-order valence-electron chi connectivity index (χ3n) is 3.87. The van der Waals surface area contributed by atoms with Crippen molar-refractivity contribution in [3.8, 4) is 0 Å². The van der Waals surface area contributed by atoms with Gasteiger partial charge in [-0.15, -0.1) is 0 Å². The Morgan fingerprint density at radius 2 is 1.76 bits per heavy atom. The summed E-state index contributed by atoms with van der Waals surface area (Å²) < 4.78 is 0. The van der Waals surface area contributed by atoms with Crippen molar-refractivity contribution in [2.45, 2.75) is 44.8 Å². The van der Waals surface area contributed by atoms with Crippen molar-refractivity contribution in [3.63, 3.8) is 0 Å². The highest BCUT2D eigenvalue weighted by molar-refractivity contribution is 5.27. The molecule has 1 saturated carbocycles. The molecule has 0 unspecified atom stereocenters. The second kappa shape index (κ2) is 5.19. The molecule has 0 radical (unpaired) electrons. The van der Waals surface area contributed by atoms with E-state index in [-0.39, 0.29) is 0 Å². The van der Waals surface area contributed by atoms with Gasteiger partial charge < -0.3 is 5.32 Å². The Hall–Kier alpha value is -0.860. The average molecular weight is 230 g/mol. The van der Waals surface area contributed by atoms with E-state index in [1.807, 2.05) is 0 Å². The Morgan fingerprint density at radius 1 is 1.06 bits per heavy atom. The molecule has 1 N–H and O–H groups in total. The van der Waals surface area contributed by atoms with Crippen molar-refractivity contribution in [2.75, 3.05) is 13.1 Å². The molecule has 2 aliphatic rings. The second-order valence-electron chi connectivity index (χ2n) is 5.41. The van der Waals surface area contributed by atoms with Crippen molar-refractivity contribution >= 4 is 0 Å². The minimum atomic E-state index is 0.801. The van der Waals surface area contributed by atoms with Crippen LogP contribution in [-0.4, -0.2) is 24.0 Å². The maximum absolute atomic E-state index is 3.62. The maximum Gasteiger partial charge on any atom is 0.0236 e. The van der Waals surface area contributed by atoms with Crippen molar-refractivity contribution in [3.05, 3.63) is 35.4 Å². The molecule has 1 aromatic rings. The number of rotatable bonds is 5. The van der Waals surface area contributed by atoms with Crippen LogP contribution in [0.5, 0.6) is 0 Å². The fourth-order valence-electron chi connectivity index (χ4n) is 2.61. The zero-order valence-electron chi connectivity index (χ0n) is 10.5. The zero-order chi connectivity index (χ0) is 11.5. The van der Waals surface area contributed by atoms with Gasteiger partial charge in [-0.3, -0.25) is 4.90 Å². The molecular weight excluding hydrogens is 208 g/mol. The van der Waals surface area contributed by atoms with Gasteiger partial charge >= 0.3 is 0 Å². The van der Waals surface area contributed by atoms with E-state index in [1.165, 1.54) is 49.9 Å². The molecule has 0 aromatic heterocycles. The first kappa shape index (κ1) is 11.2. The summed E-state index contributed by atoms with van der Waals surface area (Å²) >= 11 is 0. The molecule has 1 aliphatic heterocycles. The van der Waals surface area contributed by atoms with Gasteiger partial charge in [0.15, 0.2) is 0 Å². The fraction of sp³-hybridized carbons (Fsp3) is 0.600. The lowest BCUT2D eigenvalue weighted by Gasteiger charge is -2.17. The number of nitrogens with one attached hydrogen (secondary N) is 1. The van der Waals surface area contributed by atoms with E-state index in [0.717, 1.165) is 19.1 Å². The first-order valence-corrected chi connectivity index (χ1v) is 6.94. The van der Waals surface area contributed by atoms with E-state index in [0.29, 0.717) is 0 Å². The van der Waals surface area contributed by atoms with Crippen LogP contribution in [0.25, 0.3) is 0 Å². The van der Waals surface area contributed by atoms with Crippen molar-refractivity contribution in [1.82, 2.24) is 10.2 Å². The molecule has 92 valence electrons. The van der Waals surface area contributed by atoms with E-state index < -0.39 is 0 Å². The molecule has 0 atom stereocenters. The zero-order valence-corrected chi connectivity index (χ0v) is 10.5. The lowest BCUT2D eigenvalue weighted by molar-refractivity contribution is 0.330. The largest absolute Gasteiger partial charge is 0.310 e. The topological polar surface area (TPSA) is 15.3 Å². The summed E-state index contributed by atoms with van der Waals surface area (Å²) in [6, 6.07) is 9.71. The van der Waals surface area contributed by atoms with Crippen LogP contribution in [0, 0.1) is 0 Å². The van der Waals surface area contributed by atoms with Crippen LogP contribution in [0.2, 0.25) is 0 Å². The maximum atomic E-state index is 3.62. The van der Waals surface area contributed by atoms with Crippen molar-refractivity contribution in [1.29, 1.82) is 0 Å². The molecule has 1 aliphatic carbocycles. The van der Waals surface area contributed by atoms with E-state index in [2.05, 4.69) is 34.5 Å². The molecule has 17 heavy (non-hydrogen) atoms. The second-order valence-corrected chi connectivity index (χ2v) is 5.41. The lowest BCUT2D eigenvalue weighted by Crippen LogP contribution is -2.21. The number of nitrogens with zero attached hydrogens (tertiary/aromatic N) is 1. The molecule has 3 rings (SSSR count). The van der Waals surface area contributed by atoms with Crippen molar-refractivity contribution < 1.29 is 0 Å². The third kappa shape index (κ3) is 3.08. The Balaban J connectivity index is 1.63. The monoisotopic (exact) mass is 230 g/mol. The molecule has 0 amide bonds. The summed E-state index contributed by atoms with van der Waals surface area (Å²) in [5, 5.41) is 3.62. The highest BCUT2D eigenvalue weighted by Gasteiger charge is 2.20. The molecule has 0 spiro atoms. The Labute approximate surface area is 104 Å². The Bertz CT molecular complexity index is 365. The molecule has 2 nitrogen and oxygen atoms in total. The summed E-state index contributed by atoms with van der Waals surface area (Å²) in [6.45, 7) is 4.76. The van der Waals surface area contributed by atoms with Crippen molar-refractivity contribution in [2.24, 2.45) is 0 Å². The molecule has 0 bridgehead atoms. The Morgan fingerprint density at radius 3 is 2.47 bits per heavy atom. The van der Waals surface area contributed by atoms with E-state index in [9.17, 15) is 0 Å².